The summed E-state index contributed by atoms with van der Waals surface area (Å²) in [5.74, 6) is -1.51. The molecule has 0 aromatic rings. The van der Waals surface area contributed by atoms with E-state index in [2.05, 4.69) is 79.1 Å². The largest absolute Gasteiger partial charge is 0.472 e. The minimum absolute atomic E-state index is 0.0194. The molecule has 20 heteroatoms. The van der Waals surface area contributed by atoms with E-state index in [9.17, 15) is 64.0 Å². The molecule has 0 bridgehead atoms. The maximum Gasteiger partial charge on any atom is 0.472 e. The molecule has 18 nitrogen and oxygen atoms in total. The Morgan fingerprint density at radius 2 is 0.986 bits per heavy atom. The van der Waals surface area contributed by atoms with Gasteiger partial charge in [0.2, 0.25) is 0 Å². The second-order valence-corrected chi connectivity index (χ2v) is 20.4. The van der Waals surface area contributed by atoms with Gasteiger partial charge in [-0.25, -0.2) is 9.13 Å². The quantitative estimate of drug-likeness (QED) is 0.0120. The number of aliphatic hydroxyl groups excluding tert-OH is 6. The second kappa shape index (κ2) is 41.4. The number of ether oxygens (including phenoxy) is 2. The average molecular weight is 1060 g/mol. The highest BCUT2D eigenvalue weighted by atomic mass is 31.2. The molecule has 0 amide bonds. The molecule has 1 saturated carbocycles. The number of phosphoric ester groups is 2. The number of carbonyl (C=O) groups excluding carboxylic acids is 2. The molecule has 1 rings (SSSR count). The molecule has 0 saturated heterocycles. The van der Waals surface area contributed by atoms with Gasteiger partial charge >= 0.3 is 27.6 Å². The minimum atomic E-state index is -5.41. The smallest absolute Gasteiger partial charge is 0.462 e. The first-order chi connectivity index (χ1) is 34.4. The summed E-state index contributed by atoms with van der Waals surface area (Å²) in [6.45, 7) is 2.73. The van der Waals surface area contributed by atoms with Crippen LogP contribution in [-0.4, -0.2) is 125 Å². The number of carbonyl (C=O) groups is 2. The summed E-state index contributed by atoms with van der Waals surface area (Å²) in [7, 11) is -10.8. The summed E-state index contributed by atoms with van der Waals surface area (Å²) in [5.41, 5.74) is 0. The lowest BCUT2D eigenvalue weighted by atomic mass is 9.85. The van der Waals surface area contributed by atoms with Crippen molar-refractivity contribution in [1.82, 2.24) is 0 Å². The maximum atomic E-state index is 13.0. The zero-order chi connectivity index (χ0) is 53.5. The van der Waals surface area contributed by atoms with Gasteiger partial charge < -0.3 is 54.8 Å². The zero-order valence-corrected chi connectivity index (χ0v) is 44.3. The Morgan fingerprint density at radius 1 is 0.514 bits per heavy atom. The lowest BCUT2D eigenvalue weighted by molar-refractivity contribution is -0.216. The molecule has 0 radical (unpaired) electrons. The van der Waals surface area contributed by atoms with Crippen molar-refractivity contribution in [3.63, 3.8) is 0 Å². The molecule has 10 atom stereocenters. The molecule has 9 N–H and O–H groups in total. The van der Waals surface area contributed by atoms with E-state index in [-0.39, 0.29) is 32.1 Å². The van der Waals surface area contributed by atoms with Gasteiger partial charge in [0.15, 0.2) is 6.10 Å². The van der Waals surface area contributed by atoms with Gasteiger partial charge in [0.1, 0.15) is 43.2 Å². The fourth-order valence-electron chi connectivity index (χ4n) is 7.30. The molecule has 0 spiro atoms. The molecule has 72 heavy (non-hydrogen) atoms. The Labute approximate surface area is 428 Å². The lowest BCUT2D eigenvalue weighted by Crippen LogP contribution is -2.64. The molecule has 1 aliphatic carbocycles. The summed E-state index contributed by atoms with van der Waals surface area (Å²) in [4.78, 5) is 54.5. The summed E-state index contributed by atoms with van der Waals surface area (Å²) in [6.07, 6.45) is 29.6. The van der Waals surface area contributed by atoms with Crippen LogP contribution in [0.15, 0.2) is 85.1 Å². The van der Waals surface area contributed by atoms with Crippen molar-refractivity contribution in [3.05, 3.63) is 85.1 Å². The van der Waals surface area contributed by atoms with E-state index in [1.54, 1.807) is 6.08 Å². The number of allylic oxidation sites excluding steroid dienone is 13. The number of unbranched alkanes of at least 4 members (excludes halogenated alkanes) is 10. The topological polar surface area (TPSA) is 296 Å². The molecular formula is C52H88O18P2. The van der Waals surface area contributed by atoms with E-state index in [4.69, 9.17) is 18.5 Å². The third-order valence-corrected chi connectivity index (χ3v) is 12.9. The van der Waals surface area contributed by atoms with Gasteiger partial charge in [0.25, 0.3) is 0 Å². The Balaban J connectivity index is 2.66. The number of phosphoric acid groups is 2. The fraction of sp³-hybridized carbons (Fsp3) is 0.692. The van der Waals surface area contributed by atoms with Crippen molar-refractivity contribution >= 4 is 27.6 Å². The Bertz CT molecular complexity index is 1740. The van der Waals surface area contributed by atoms with Crippen LogP contribution in [0, 0.1) is 0 Å². The van der Waals surface area contributed by atoms with Gasteiger partial charge in [-0.15, -0.1) is 0 Å². The first-order valence-electron chi connectivity index (χ1n) is 25.8. The minimum Gasteiger partial charge on any atom is -0.462 e. The summed E-state index contributed by atoms with van der Waals surface area (Å²) in [5, 5.41) is 62.2. The molecule has 414 valence electrons. The van der Waals surface area contributed by atoms with Crippen molar-refractivity contribution in [2.75, 3.05) is 13.2 Å². The molecule has 0 aromatic heterocycles. The molecule has 0 aliphatic heterocycles. The molecular weight excluding hydrogens is 975 g/mol. The number of rotatable bonds is 42. The van der Waals surface area contributed by atoms with Crippen molar-refractivity contribution in [2.24, 2.45) is 0 Å². The van der Waals surface area contributed by atoms with Crippen LogP contribution in [0.3, 0.4) is 0 Å². The second-order valence-electron chi connectivity index (χ2n) is 17.8. The van der Waals surface area contributed by atoms with Crippen LogP contribution in [0.5, 0.6) is 0 Å². The summed E-state index contributed by atoms with van der Waals surface area (Å²) >= 11 is 0. The van der Waals surface area contributed by atoms with E-state index in [1.165, 1.54) is 25.7 Å². The van der Waals surface area contributed by atoms with Crippen LogP contribution in [0.2, 0.25) is 0 Å². The average Bonchev–Trinajstić information content (AvgIpc) is 3.33. The van der Waals surface area contributed by atoms with E-state index >= 15 is 0 Å². The normalized spacial score (nSPS) is 22.3. The third kappa shape index (κ3) is 34.6. The van der Waals surface area contributed by atoms with Crippen molar-refractivity contribution < 1.29 is 87.1 Å². The lowest BCUT2D eigenvalue weighted by Gasteiger charge is -2.43. The summed E-state index contributed by atoms with van der Waals surface area (Å²) < 4.78 is 49.3. The zero-order valence-electron chi connectivity index (χ0n) is 42.6. The highest BCUT2D eigenvalue weighted by molar-refractivity contribution is 7.47. The van der Waals surface area contributed by atoms with Gasteiger partial charge in [-0.2, -0.15) is 0 Å². The molecule has 5 unspecified atom stereocenters. The standard InChI is InChI=1S/C52H88O18P2/c1-3-5-7-9-11-13-15-17-18-19-20-21-22-23-24-26-28-30-32-34-38-45(55)66-40-42(41-67-72(64,65)70-52-49(59)47(57)48(58)51(50(52)60)69-71(61,62)63)68-46(56)39-35-37-44(54)43(53)36-33-31-29-27-25-16-14-12-10-8-6-4-2/h6,8,12-15,18-19,21-22,25,27,31,33,42-44,47-54,57-60H,3-5,7,9-11,16-17,20,23-24,26,28-30,32,34-41H2,1-2H3,(H,64,65)(H2,61,62,63)/b8-6-,14-12-,15-13-,19-18-,22-21-,27-25-,33-31-/t42-,43-,44-,47?,48?,49?,50?,51-,52+/m1/s1. The van der Waals surface area contributed by atoms with Crippen molar-refractivity contribution in [3.8, 4) is 0 Å². The number of hydrogen-bond donors (Lipinski definition) is 9. The first-order valence-corrected chi connectivity index (χ1v) is 28.8. The van der Waals surface area contributed by atoms with Gasteiger partial charge in [0.05, 0.1) is 18.8 Å². The molecule has 0 aromatic carbocycles. The van der Waals surface area contributed by atoms with Crippen LogP contribution in [0.4, 0.5) is 0 Å². The van der Waals surface area contributed by atoms with E-state index in [0.29, 0.717) is 12.8 Å². The highest BCUT2D eigenvalue weighted by Crippen LogP contribution is 2.49. The number of aliphatic hydroxyl groups is 6. The van der Waals surface area contributed by atoms with Crippen LogP contribution in [0.25, 0.3) is 0 Å². The van der Waals surface area contributed by atoms with Crippen LogP contribution < -0.4 is 0 Å². The Morgan fingerprint density at radius 3 is 1.53 bits per heavy atom. The monoisotopic (exact) mass is 1060 g/mol. The van der Waals surface area contributed by atoms with Crippen LogP contribution in [-0.2, 0) is 41.8 Å². The highest BCUT2D eigenvalue weighted by Gasteiger charge is 2.54. The Hall–Kier alpha value is -2.90. The van der Waals surface area contributed by atoms with Gasteiger partial charge in [-0.1, -0.05) is 144 Å². The van der Waals surface area contributed by atoms with E-state index in [0.717, 1.165) is 77.0 Å². The fourth-order valence-corrected chi connectivity index (χ4v) is 8.84. The van der Waals surface area contributed by atoms with Crippen molar-refractivity contribution in [2.45, 2.75) is 216 Å². The summed E-state index contributed by atoms with van der Waals surface area (Å²) in [6, 6.07) is 0. The number of hydrogen-bond acceptors (Lipinski definition) is 15. The SMILES string of the molecule is CC/C=C\C/C=C\C/C=C\C/C=C\C[C@@H](O)[C@H](O)CCCC(=O)O[C@H](COC(=O)CCCCCCCC/C=C\C/C=C\C/C=C\CCCCCC)COP(=O)(O)O[C@H]1C(O)C(O)C(O)[C@@H](OP(=O)(O)O)C1O. The molecule has 1 fully saturated rings. The van der Waals surface area contributed by atoms with Gasteiger partial charge in [0, 0.05) is 12.8 Å². The predicted octanol–water partition coefficient (Wildman–Crippen LogP) is 8.51. The molecule has 1 aliphatic rings. The first kappa shape index (κ1) is 67.1. The third-order valence-electron chi connectivity index (χ3n) is 11.4. The number of esters is 2. The van der Waals surface area contributed by atoms with Crippen LogP contribution in [0.1, 0.15) is 162 Å². The van der Waals surface area contributed by atoms with E-state index in [1.807, 2.05) is 18.2 Å². The van der Waals surface area contributed by atoms with Crippen LogP contribution >= 0.6 is 15.6 Å². The molecule has 0 heterocycles. The van der Waals surface area contributed by atoms with Gasteiger partial charge in [-0.3, -0.25) is 23.2 Å². The maximum absolute atomic E-state index is 13.0. The Kier molecular flexibility index (Phi) is 38.6. The van der Waals surface area contributed by atoms with E-state index < -0.39 is 95.7 Å². The predicted molar refractivity (Wildman–Crippen MR) is 276 cm³/mol. The van der Waals surface area contributed by atoms with Gasteiger partial charge in [-0.05, 0) is 89.9 Å². The van der Waals surface area contributed by atoms with Crippen molar-refractivity contribution in [1.29, 1.82) is 0 Å².